The Labute approximate surface area is 198 Å². The third kappa shape index (κ3) is 3.71. The summed E-state index contributed by atoms with van der Waals surface area (Å²) >= 11 is 4.76. The SMILES string of the molecule is COc1cc(-c2nc3sc4c(c3c(=O)n2CC(C)C)CCC(Br)C4=O)cc(OC)c1OC. The van der Waals surface area contributed by atoms with Crippen molar-refractivity contribution in [2.24, 2.45) is 5.92 Å². The number of carbonyl (C=O) groups is 1. The molecule has 170 valence electrons. The second kappa shape index (κ2) is 8.86. The maximum Gasteiger partial charge on any atom is 0.262 e. The number of ketones is 1. The van der Waals surface area contributed by atoms with Crippen LogP contribution in [0.25, 0.3) is 21.6 Å². The Balaban J connectivity index is 2.03. The van der Waals surface area contributed by atoms with Gasteiger partial charge in [0.1, 0.15) is 10.7 Å². The lowest BCUT2D eigenvalue weighted by molar-refractivity contribution is 0.0986. The number of nitrogens with zero attached hydrogens (tertiary/aromatic N) is 2. The number of carbonyl (C=O) groups excluding carboxylic acids is 1. The van der Waals surface area contributed by atoms with Gasteiger partial charge in [-0.25, -0.2) is 4.98 Å². The number of rotatable bonds is 6. The predicted octanol–water partition coefficient (Wildman–Crippen LogP) is 4.70. The highest BCUT2D eigenvalue weighted by atomic mass is 79.9. The van der Waals surface area contributed by atoms with Crippen molar-refractivity contribution < 1.29 is 19.0 Å². The maximum atomic E-state index is 13.7. The van der Waals surface area contributed by atoms with E-state index in [-0.39, 0.29) is 22.1 Å². The monoisotopic (exact) mass is 520 g/mol. The van der Waals surface area contributed by atoms with Gasteiger partial charge in [0.25, 0.3) is 5.56 Å². The van der Waals surface area contributed by atoms with Crippen molar-refractivity contribution in [3.63, 3.8) is 0 Å². The molecule has 32 heavy (non-hydrogen) atoms. The first-order valence-corrected chi connectivity index (χ1v) is 12.1. The van der Waals surface area contributed by atoms with Gasteiger partial charge in [0.2, 0.25) is 5.75 Å². The number of aryl methyl sites for hydroxylation is 1. The van der Waals surface area contributed by atoms with Crippen LogP contribution in [0.2, 0.25) is 0 Å². The molecule has 2 heterocycles. The zero-order valence-corrected chi connectivity index (χ0v) is 21.1. The molecule has 1 unspecified atom stereocenters. The number of thiophene rings is 1. The lowest BCUT2D eigenvalue weighted by Crippen LogP contribution is -2.27. The minimum atomic E-state index is -0.212. The van der Waals surface area contributed by atoms with Crippen molar-refractivity contribution in [3.8, 4) is 28.6 Å². The summed E-state index contributed by atoms with van der Waals surface area (Å²) in [7, 11) is 4.65. The van der Waals surface area contributed by atoms with Crippen LogP contribution in [0.15, 0.2) is 16.9 Å². The predicted molar refractivity (Wildman–Crippen MR) is 129 cm³/mol. The minimum Gasteiger partial charge on any atom is -0.493 e. The van der Waals surface area contributed by atoms with E-state index in [4.69, 9.17) is 19.2 Å². The zero-order valence-electron chi connectivity index (χ0n) is 18.7. The van der Waals surface area contributed by atoms with Gasteiger partial charge in [-0.15, -0.1) is 11.3 Å². The number of halogens is 1. The summed E-state index contributed by atoms with van der Waals surface area (Å²) in [4.78, 5) is 32.4. The average Bonchev–Trinajstić information content (AvgIpc) is 3.16. The molecule has 1 aliphatic rings. The van der Waals surface area contributed by atoms with E-state index in [2.05, 4.69) is 29.8 Å². The molecule has 0 radical (unpaired) electrons. The molecular weight excluding hydrogens is 496 g/mol. The summed E-state index contributed by atoms with van der Waals surface area (Å²) in [6.45, 7) is 4.60. The van der Waals surface area contributed by atoms with Crippen molar-refractivity contribution in [1.29, 1.82) is 0 Å². The summed E-state index contributed by atoms with van der Waals surface area (Å²) in [5.74, 6) is 2.19. The van der Waals surface area contributed by atoms with Crippen molar-refractivity contribution in [1.82, 2.24) is 9.55 Å². The van der Waals surface area contributed by atoms with Gasteiger partial charge in [0.05, 0.1) is 36.4 Å². The molecule has 7 nitrogen and oxygen atoms in total. The van der Waals surface area contributed by atoms with Crippen LogP contribution in [0.3, 0.4) is 0 Å². The summed E-state index contributed by atoms with van der Waals surface area (Å²) in [5, 5.41) is 0.564. The first kappa shape index (κ1) is 22.8. The number of benzene rings is 1. The van der Waals surface area contributed by atoms with Crippen molar-refractivity contribution >= 4 is 43.3 Å². The Morgan fingerprint density at radius 2 is 1.81 bits per heavy atom. The molecule has 0 bridgehead atoms. The Hall–Kier alpha value is -2.39. The Morgan fingerprint density at radius 1 is 1.16 bits per heavy atom. The molecule has 0 amide bonds. The van der Waals surface area contributed by atoms with Crippen molar-refractivity contribution in [3.05, 3.63) is 32.9 Å². The number of hydrogen-bond acceptors (Lipinski definition) is 7. The van der Waals surface area contributed by atoms with Gasteiger partial charge in [-0.2, -0.15) is 0 Å². The molecule has 0 N–H and O–H groups in total. The molecule has 1 aliphatic carbocycles. The molecule has 1 aromatic carbocycles. The van der Waals surface area contributed by atoms with Crippen molar-refractivity contribution in [2.75, 3.05) is 21.3 Å². The van der Waals surface area contributed by atoms with Gasteiger partial charge in [-0.3, -0.25) is 14.2 Å². The second-order valence-electron chi connectivity index (χ2n) is 8.12. The quantitative estimate of drug-likeness (QED) is 0.438. The summed E-state index contributed by atoms with van der Waals surface area (Å²) < 4.78 is 18.1. The van der Waals surface area contributed by atoms with Gasteiger partial charge in [0.15, 0.2) is 17.3 Å². The molecule has 0 aliphatic heterocycles. The van der Waals surface area contributed by atoms with Crippen LogP contribution >= 0.6 is 27.3 Å². The fourth-order valence-corrected chi connectivity index (χ4v) is 5.90. The van der Waals surface area contributed by atoms with E-state index in [9.17, 15) is 9.59 Å². The minimum absolute atomic E-state index is 0.0263. The van der Waals surface area contributed by atoms with E-state index in [1.54, 1.807) is 38.0 Å². The fourth-order valence-electron chi connectivity index (χ4n) is 4.09. The first-order chi connectivity index (χ1) is 15.3. The van der Waals surface area contributed by atoms with Gasteiger partial charge in [0, 0.05) is 12.1 Å². The van der Waals surface area contributed by atoms with Crippen LogP contribution in [0, 0.1) is 5.92 Å². The lowest BCUT2D eigenvalue weighted by atomic mass is 9.96. The largest absolute Gasteiger partial charge is 0.493 e. The number of methoxy groups -OCH3 is 3. The van der Waals surface area contributed by atoms with Gasteiger partial charge < -0.3 is 14.2 Å². The Bertz CT molecular complexity index is 1240. The van der Waals surface area contributed by atoms with Gasteiger partial charge >= 0.3 is 0 Å². The van der Waals surface area contributed by atoms with Crippen LogP contribution in [0.4, 0.5) is 0 Å². The zero-order chi connectivity index (χ0) is 23.2. The highest BCUT2D eigenvalue weighted by Crippen LogP contribution is 2.42. The fraction of sp³-hybridized carbons (Fsp3) is 0.435. The molecule has 0 saturated heterocycles. The number of hydrogen-bond donors (Lipinski definition) is 0. The average molecular weight is 521 g/mol. The van der Waals surface area contributed by atoms with E-state index >= 15 is 0 Å². The third-order valence-corrected chi connectivity index (χ3v) is 7.55. The molecule has 0 spiro atoms. The normalized spacial score (nSPS) is 15.8. The van der Waals surface area contributed by atoms with Gasteiger partial charge in [-0.05, 0) is 36.5 Å². The number of fused-ring (bicyclic) bond motifs is 3. The van der Waals surface area contributed by atoms with Crippen LogP contribution in [-0.4, -0.2) is 41.5 Å². The molecule has 0 fully saturated rings. The smallest absolute Gasteiger partial charge is 0.262 e. The van der Waals surface area contributed by atoms with Crippen LogP contribution in [0.5, 0.6) is 17.2 Å². The maximum absolute atomic E-state index is 13.7. The molecular formula is C23H25BrN2O5S. The second-order valence-corrected chi connectivity index (χ2v) is 10.2. The van der Waals surface area contributed by atoms with Crippen LogP contribution < -0.4 is 19.8 Å². The van der Waals surface area contributed by atoms with E-state index in [0.29, 0.717) is 63.1 Å². The summed E-state index contributed by atoms with van der Waals surface area (Å²) in [6.07, 6.45) is 1.36. The molecule has 9 heteroatoms. The van der Waals surface area contributed by atoms with Crippen molar-refractivity contribution in [2.45, 2.75) is 38.1 Å². The molecule has 3 aromatic rings. The molecule has 0 saturated carbocycles. The Kier molecular flexibility index (Phi) is 6.31. The highest BCUT2D eigenvalue weighted by Gasteiger charge is 2.31. The number of aromatic nitrogens is 2. The van der Waals surface area contributed by atoms with E-state index in [1.165, 1.54) is 11.3 Å². The first-order valence-electron chi connectivity index (χ1n) is 10.4. The number of ether oxygens (including phenoxy) is 3. The van der Waals surface area contributed by atoms with E-state index in [1.807, 2.05) is 0 Å². The molecule has 1 atom stereocenters. The van der Waals surface area contributed by atoms with E-state index in [0.717, 1.165) is 5.56 Å². The highest BCUT2D eigenvalue weighted by molar-refractivity contribution is 9.10. The third-order valence-electron chi connectivity index (χ3n) is 5.54. The number of alkyl halides is 1. The van der Waals surface area contributed by atoms with E-state index < -0.39 is 0 Å². The standard InChI is InChI=1S/C23H25BrN2O5S/c1-11(2)10-26-21(12-8-15(29-3)19(31-5)16(9-12)30-4)25-22-17(23(26)28)13-6-7-14(24)18(27)20(13)32-22/h8-9,11,14H,6-7,10H2,1-5H3. The van der Waals surface area contributed by atoms with Crippen LogP contribution in [0.1, 0.15) is 35.5 Å². The molecule has 2 aromatic heterocycles. The van der Waals surface area contributed by atoms with Gasteiger partial charge in [-0.1, -0.05) is 29.8 Å². The summed E-state index contributed by atoms with van der Waals surface area (Å²) in [6, 6.07) is 3.58. The van der Waals surface area contributed by atoms with Crippen LogP contribution in [-0.2, 0) is 13.0 Å². The number of Topliss-reactive ketones (excluding diaryl/α,β-unsaturated/α-hetero) is 1. The molecule has 4 rings (SSSR count). The lowest BCUT2D eigenvalue weighted by Gasteiger charge is -2.18. The summed E-state index contributed by atoms with van der Waals surface area (Å²) in [5.41, 5.74) is 1.39. The topological polar surface area (TPSA) is 79.7 Å². The Morgan fingerprint density at radius 3 is 2.38 bits per heavy atom.